The van der Waals surface area contributed by atoms with Crippen LogP contribution in [0.2, 0.25) is 5.02 Å². The number of anilines is 1. The maximum absolute atomic E-state index is 13.8. The van der Waals surface area contributed by atoms with Crippen molar-refractivity contribution in [2.75, 3.05) is 19.0 Å². The topological polar surface area (TPSA) is 94.8 Å². The third kappa shape index (κ3) is 5.69. The Bertz CT molecular complexity index is 1790. The van der Waals surface area contributed by atoms with Gasteiger partial charge in [-0.15, -0.1) is 0 Å². The monoisotopic (exact) mass is 556 g/mol. The van der Waals surface area contributed by atoms with Crippen LogP contribution in [0.3, 0.4) is 0 Å². The Morgan fingerprint density at radius 1 is 1.05 bits per heavy atom. The van der Waals surface area contributed by atoms with E-state index in [-0.39, 0.29) is 27.8 Å². The van der Waals surface area contributed by atoms with Crippen LogP contribution in [0.25, 0.3) is 22.3 Å². The van der Waals surface area contributed by atoms with Crippen LogP contribution in [0.15, 0.2) is 101 Å². The van der Waals surface area contributed by atoms with Crippen LogP contribution in [0.4, 0.5) is 10.1 Å². The summed E-state index contributed by atoms with van der Waals surface area (Å²) < 4.78 is 26.1. The normalized spacial score (nSPS) is 11.1. The molecule has 0 aliphatic rings. The average molecular weight is 557 g/mol. The van der Waals surface area contributed by atoms with E-state index in [1.165, 1.54) is 36.2 Å². The molecule has 0 aliphatic carbocycles. The van der Waals surface area contributed by atoms with E-state index >= 15 is 0 Å². The number of fused-ring (bicyclic) bond motifs is 1. The second-order valence-corrected chi connectivity index (χ2v) is 8.94. The highest BCUT2D eigenvalue weighted by atomic mass is 35.5. The SMILES string of the molecule is COc1cc(C=Nn2c(-c3ccccc3)nc3ccccc3c2=O)cc(Cl)c1OCC(=O)Nc1ccccc1F. The van der Waals surface area contributed by atoms with Crippen molar-refractivity contribution in [3.8, 4) is 22.9 Å². The number of carbonyl (C=O) groups is 1. The molecule has 1 N–H and O–H groups in total. The van der Waals surface area contributed by atoms with E-state index in [0.717, 1.165) is 5.56 Å². The Morgan fingerprint density at radius 3 is 2.55 bits per heavy atom. The fraction of sp³-hybridized carbons (Fsp3) is 0.0667. The molecule has 1 amide bonds. The summed E-state index contributed by atoms with van der Waals surface area (Å²) in [6.45, 7) is -0.434. The minimum Gasteiger partial charge on any atom is -0.493 e. The van der Waals surface area contributed by atoms with Crippen molar-refractivity contribution in [2.24, 2.45) is 5.10 Å². The van der Waals surface area contributed by atoms with Gasteiger partial charge >= 0.3 is 0 Å². The van der Waals surface area contributed by atoms with Crippen LogP contribution < -0.4 is 20.3 Å². The first-order valence-corrected chi connectivity index (χ1v) is 12.5. The van der Waals surface area contributed by atoms with Crippen LogP contribution >= 0.6 is 11.6 Å². The summed E-state index contributed by atoms with van der Waals surface area (Å²) in [5, 5.41) is 7.45. The van der Waals surface area contributed by atoms with E-state index in [1.54, 1.807) is 36.4 Å². The summed E-state index contributed by atoms with van der Waals surface area (Å²) in [7, 11) is 1.42. The van der Waals surface area contributed by atoms with Gasteiger partial charge in [0.1, 0.15) is 5.82 Å². The van der Waals surface area contributed by atoms with Crippen LogP contribution in [-0.2, 0) is 4.79 Å². The predicted octanol–water partition coefficient (Wildman–Crippen LogP) is 5.76. The number of benzene rings is 4. The lowest BCUT2D eigenvalue weighted by Crippen LogP contribution is -2.21. The molecule has 0 radical (unpaired) electrons. The van der Waals surface area contributed by atoms with Gasteiger partial charge in [0, 0.05) is 5.56 Å². The molecule has 200 valence electrons. The smallest absolute Gasteiger partial charge is 0.282 e. The van der Waals surface area contributed by atoms with Crippen molar-refractivity contribution in [3.05, 3.63) is 118 Å². The molecule has 0 aliphatic heterocycles. The summed E-state index contributed by atoms with van der Waals surface area (Å²) in [4.78, 5) is 30.3. The highest BCUT2D eigenvalue weighted by molar-refractivity contribution is 6.32. The molecular formula is C30H22ClFN4O4. The van der Waals surface area contributed by atoms with Gasteiger partial charge in [-0.05, 0) is 42.0 Å². The maximum atomic E-state index is 13.8. The van der Waals surface area contributed by atoms with Crippen LogP contribution in [0, 0.1) is 5.82 Å². The highest BCUT2D eigenvalue weighted by Gasteiger charge is 2.16. The summed E-state index contributed by atoms with van der Waals surface area (Å²) in [6.07, 6.45) is 1.45. The average Bonchev–Trinajstić information content (AvgIpc) is 2.97. The van der Waals surface area contributed by atoms with Crippen molar-refractivity contribution in [1.82, 2.24) is 9.66 Å². The van der Waals surface area contributed by atoms with Crippen LogP contribution in [0.1, 0.15) is 5.56 Å². The van der Waals surface area contributed by atoms with Crippen molar-refractivity contribution >= 4 is 40.3 Å². The number of nitrogens with zero attached hydrogens (tertiary/aromatic N) is 3. The fourth-order valence-corrected chi connectivity index (χ4v) is 4.24. The van der Waals surface area contributed by atoms with Crippen LogP contribution in [-0.4, -0.2) is 35.5 Å². The molecule has 0 fully saturated rings. The molecule has 10 heteroatoms. The molecule has 40 heavy (non-hydrogen) atoms. The van der Waals surface area contributed by atoms with Gasteiger partial charge in [-0.1, -0.05) is 66.2 Å². The minimum absolute atomic E-state index is 0.0361. The van der Waals surface area contributed by atoms with E-state index in [0.29, 0.717) is 22.3 Å². The molecule has 0 unspecified atom stereocenters. The molecule has 4 aromatic carbocycles. The second-order valence-electron chi connectivity index (χ2n) is 8.53. The predicted molar refractivity (Wildman–Crippen MR) is 153 cm³/mol. The molecule has 1 heterocycles. The number of hydrogen-bond donors (Lipinski definition) is 1. The fourth-order valence-electron chi connectivity index (χ4n) is 3.97. The molecular weight excluding hydrogens is 535 g/mol. The largest absolute Gasteiger partial charge is 0.493 e. The van der Waals surface area contributed by atoms with Gasteiger partial charge in [0.05, 0.1) is 34.9 Å². The maximum Gasteiger partial charge on any atom is 0.282 e. The zero-order valence-electron chi connectivity index (χ0n) is 21.2. The quantitative estimate of drug-likeness (QED) is 0.245. The lowest BCUT2D eigenvalue weighted by Gasteiger charge is -2.13. The molecule has 0 saturated carbocycles. The lowest BCUT2D eigenvalue weighted by atomic mass is 10.2. The Balaban J connectivity index is 1.43. The number of nitrogens with one attached hydrogen (secondary N) is 1. The van der Waals surface area contributed by atoms with E-state index in [9.17, 15) is 14.0 Å². The number of ether oxygens (including phenoxy) is 2. The molecule has 8 nitrogen and oxygen atoms in total. The first-order chi connectivity index (χ1) is 19.4. The van der Waals surface area contributed by atoms with Crippen molar-refractivity contribution < 1.29 is 18.7 Å². The molecule has 0 atom stereocenters. The number of para-hydroxylation sites is 2. The van der Waals surface area contributed by atoms with Crippen LogP contribution in [0.5, 0.6) is 11.5 Å². The Morgan fingerprint density at radius 2 is 1.77 bits per heavy atom. The lowest BCUT2D eigenvalue weighted by molar-refractivity contribution is -0.118. The van der Waals surface area contributed by atoms with Gasteiger partial charge in [0.25, 0.3) is 11.5 Å². The number of halogens is 2. The van der Waals surface area contributed by atoms with E-state index < -0.39 is 18.3 Å². The van der Waals surface area contributed by atoms with Gasteiger partial charge in [-0.2, -0.15) is 9.78 Å². The van der Waals surface area contributed by atoms with E-state index in [1.807, 2.05) is 36.4 Å². The first kappa shape index (κ1) is 26.6. The van der Waals surface area contributed by atoms with E-state index in [2.05, 4.69) is 15.4 Å². The molecule has 5 rings (SSSR count). The van der Waals surface area contributed by atoms with E-state index in [4.69, 9.17) is 21.1 Å². The molecule has 1 aromatic heterocycles. The van der Waals surface area contributed by atoms with Crippen molar-refractivity contribution in [3.63, 3.8) is 0 Å². The third-order valence-electron chi connectivity index (χ3n) is 5.86. The summed E-state index contributed by atoms with van der Waals surface area (Å²) >= 11 is 6.46. The Labute approximate surface area is 233 Å². The number of rotatable bonds is 8. The number of amides is 1. The number of hydrogen-bond acceptors (Lipinski definition) is 6. The zero-order valence-corrected chi connectivity index (χ0v) is 21.9. The molecule has 5 aromatic rings. The van der Waals surface area contributed by atoms with Gasteiger partial charge in [0.15, 0.2) is 23.9 Å². The molecule has 0 spiro atoms. The summed E-state index contributed by atoms with van der Waals surface area (Å²) in [5.74, 6) is -0.407. The van der Waals surface area contributed by atoms with Gasteiger partial charge in [-0.25, -0.2) is 9.37 Å². The highest BCUT2D eigenvalue weighted by Crippen LogP contribution is 2.36. The minimum atomic E-state index is -0.578. The third-order valence-corrected chi connectivity index (χ3v) is 6.14. The second kappa shape index (κ2) is 11.8. The van der Waals surface area contributed by atoms with Gasteiger partial charge in [-0.3, -0.25) is 9.59 Å². The Hall–Kier alpha value is -5.02. The van der Waals surface area contributed by atoms with Crippen molar-refractivity contribution in [1.29, 1.82) is 0 Å². The number of carbonyl (C=O) groups excluding carboxylic acids is 1. The Kier molecular flexibility index (Phi) is 7.84. The summed E-state index contributed by atoms with van der Waals surface area (Å²) in [5.41, 5.74) is 1.48. The summed E-state index contributed by atoms with van der Waals surface area (Å²) in [6, 6.07) is 25.3. The van der Waals surface area contributed by atoms with Gasteiger partial charge < -0.3 is 14.8 Å². The van der Waals surface area contributed by atoms with Gasteiger partial charge in [0.2, 0.25) is 0 Å². The molecule has 0 bridgehead atoms. The first-order valence-electron chi connectivity index (χ1n) is 12.1. The standard InChI is InChI=1S/C30H22ClFN4O4/c1-39-26-16-19(15-22(31)28(26)40-18-27(37)34-25-14-8-6-12-23(25)32)17-33-36-29(20-9-3-2-4-10-20)35-24-13-7-5-11-21(24)30(36)38/h2-17H,18H2,1H3,(H,34,37). The number of aromatic nitrogens is 2. The number of methoxy groups -OCH3 is 1. The molecule has 0 saturated heterocycles. The zero-order chi connectivity index (χ0) is 28.1. The van der Waals surface area contributed by atoms with Crippen molar-refractivity contribution in [2.45, 2.75) is 0 Å².